The number of anilines is 3. The van der Waals surface area contributed by atoms with Crippen LogP contribution >= 0.6 is 11.3 Å². The van der Waals surface area contributed by atoms with Gasteiger partial charge in [-0.25, -0.2) is 0 Å². The summed E-state index contributed by atoms with van der Waals surface area (Å²) in [6.07, 6.45) is 0. The van der Waals surface area contributed by atoms with Crippen LogP contribution in [0, 0.1) is 6.92 Å². The molecule has 0 fully saturated rings. The van der Waals surface area contributed by atoms with E-state index in [0.29, 0.717) is 6.54 Å². The fourth-order valence-corrected chi connectivity index (χ4v) is 2.50. The van der Waals surface area contributed by atoms with E-state index in [4.69, 9.17) is 5.73 Å². The third kappa shape index (κ3) is 3.48. The summed E-state index contributed by atoms with van der Waals surface area (Å²) in [7, 11) is 0. The van der Waals surface area contributed by atoms with E-state index in [2.05, 4.69) is 10.6 Å². The van der Waals surface area contributed by atoms with E-state index in [1.165, 1.54) is 6.92 Å². The van der Waals surface area contributed by atoms with E-state index in [1.807, 2.05) is 36.6 Å². The van der Waals surface area contributed by atoms with Crippen LogP contribution in [0.4, 0.5) is 17.1 Å². The van der Waals surface area contributed by atoms with Gasteiger partial charge >= 0.3 is 0 Å². The monoisotopic (exact) mass is 275 g/mol. The highest BCUT2D eigenvalue weighted by Gasteiger charge is 2.04. The molecule has 0 saturated carbocycles. The molecule has 0 bridgehead atoms. The number of nitrogens with one attached hydrogen (secondary N) is 2. The molecule has 100 valence electrons. The summed E-state index contributed by atoms with van der Waals surface area (Å²) in [5, 5.41) is 8.10. The van der Waals surface area contributed by atoms with Crippen LogP contribution in [-0.4, -0.2) is 5.91 Å². The van der Waals surface area contributed by atoms with Gasteiger partial charge in [0, 0.05) is 28.9 Å². The molecule has 0 unspecified atom stereocenters. The van der Waals surface area contributed by atoms with Crippen LogP contribution in [0.1, 0.15) is 17.4 Å². The number of hydrogen-bond acceptors (Lipinski definition) is 4. The molecule has 2 rings (SSSR count). The van der Waals surface area contributed by atoms with Gasteiger partial charge in [0.25, 0.3) is 0 Å². The second-order valence-electron chi connectivity index (χ2n) is 4.36. The van der Waals surface area contributed by atoms with Gasteiger partial charge in [-0.15, -0.1) is 11.3 Å². The summed E-state index contributed by atoms with van der Waals surface area (Å²) in [5.41, 5.74) is 9.58. The molecule has 0 aliphatic rings. The van der Waals surface area contributed by atoms with E-state index >= 15 is 0 Å². The number of benzene rings is 1. The molecule has 0 atom stereocenters. The van der Waals surface area contributed by atoms with Crippen molar-refractivity contribution in [2.24, 2.45) is 0 Å². The number of carbonyl (C=O) groups excluding carboxylic acids is 1. The van der Waals surface area contributed by atoms with Crippen LogP contribution in [0.15, 0.2) is 29.6 Å². The molecule has 1 heterocycles. The smallest absolute Gasteiger partial charge is 0.221 e. The summed E-state index contributed by atoms with van der Waals surface area (Å²) < 4.78 is 0. The van der Waals surface area contributed by atoms with Crippen molar-refractivity contribution in [3.63, 3.8) is 0 Å². The van der Waals surface area contributed by atoms with E-state index < -0.39 is 0 Å². The molecule has 1 aromatic carbocycles. The van der Waals surface area contributed by atoms with Crippen LogP contribution < -0.4 is 16.4 Å². The Kier molecular flexibility index (Phi) is 4.06. The van der Waals surface area contributed by atoms with E-state index in [1.54, 1.807) is 11.3 Å². The predicted octanol–water partition coefficient (Wildman–Crippen LogP) is 3.21. The maximum atomic E-state index is 11.1. The largest absolute Gasteiger partial charge is 0.398 e. The van der Waals surface area contributed by atoms with E-state index in [9.17, 15) is 4.79 Å². The normalized spacial score (nSPS) is 10.2. The number of carbonyl (C=O) groups is 1. The third-order valence-electron chi connectivity index (χ3n) is 2.78. The summed E-state index contributed by atoms with van der Waals surface area (Å²) in [5.74, 6) is -0.0719. The number of amides is 1. The molecule has 2 aromatic rings. The first kappa shape index (κ1) is 13.4. The van der Waals surface area contributed by atoms with Crippen molar-refractivity contribution in [2.75, 3.05) is 16.4 Å². The zero-order valence-electron chi connectivity index (χ0n) is 11.0. The highest BCUT2D eigenvalue weighted by Crippen LogP contribution is 2.24. The number of nitrogen functional groups attached to an aromatic ring is 1. The lowest BCUT2D eigenvalue weighted by molar-refractivity contribution is -0.114. The average Bonchev–Trinajstić information content (AvgIpc) is 2.75. The van der Waals surface area contributed by atoms with Gasteiger partial charge in [0.05, 0.1) is 6.54 Å². The van der Waals surface area contributed by atoms with Gasteiger partial charge in [0.2, 0.25) is 5.91 Å². The third-order valence-corrected chi connectivity index (χ3v) is 3.71. The van der Waals surface area contributed by atoms with Gasteiger partial charge in [0.15, 0.2) is 0 Å². The van der Waals surface area contributed by atoms with Crippen LogP contribution in [0.2, 0.25) is 0 Å². The Morgan fingerprint density at radius 2 is 2.16 bits per heavy atom. The van der Waals surface area contributed by atoms with E-state index in [-0.39, 0.29) is 5.91 Å². The minimum Gasteiger partial charge on any atom is -0.398 e. The van der Waals surface area contributed by atoms with E-state index in [0.717, 1.165) is 27.5 Å². The molecule has 5 heteroatoms. The molecule has 4 nitrogen and oxygen atoms in total. The van der Waals surface area contributed by atoms with Crippen molar-refractivity contribution >= 4 is 34.3 Å². The Morgan fingerprint density at radius 1 is 1.37 bits per heavy atom. The number of thiophene rings is 1. The topological polar surface area (TPSA) is 67.2 Å². The standard InChI is InChI=1S/C14H17N3OS/c1-9-3-4-11(17-10(2)18)7-13(9)16-8-14-12(15)5-6-19-14/h3-7,16H,8,15H2,1-2H3,(H,17,18). The van der Waals surface area contributed by atoms with Crippen molar-refractivity contribution in [1.82, 2.24) is 0 Å². The lowest BCUT2D eigenvalue weighted by Gasteiger charge is -2.11. The first-order valence-corrected chi connectivity index (χ1v) is 6.88. The summed E-state index contributed by atoms with van der Waals surface area (Å²) >= 11 is 1.63. The van der Waals surface area contributed by atoms with Crippen molar-refractivity contribution in [2.45, 2.75) is 20.4 Å². The van der Waals surface area contributed by atoms with Gasteiger partial charge in [0.1, 0.15) is 0 Å². The molecule has 1 aromatic heterocycles. The molecule has 0 spiro atoms. The second-order valence-corrected chi connectivity index (χ2v) is 5.36. The molecule has 0 aliphatic carbocycles. The van der Waals surface area contributed by atoms with Crippen LogP contribution in [-0.2, 0) is 11.3 Å². The van der Waals surface area contributed by atoms with Crippen molar-refractivity contribution in [1.29, 1.82) is 0 Å². The van der Waals surface area contributed by atoms with Crippen molar-refractivity contribution < 1.29 is 4.79 Å². The molecular formula is C14H17N3OS. The number of aryl methyl sites for hydroxylation is 1. The predicted molar refractivity (Wildman–Crippen MR) is 81.5 cm³/mol. The molecule has 4 N–H and O–H groups in total. The van der Waals surface area contributed by atoms with Crippen molar-refractivity contribution in [3.8, 4) is 0 Å². The number of nitrogens with two attached hydrogens (primary N) is 1. The molecule has 0 saturated heterocycles. The van der Waals surface area contributed by atoms with Crippen LogP contribution in [0.3, 0.4) is 0 Å². The van der Waals surface area contributed by atoms with Crippen molar-refractivity contribution in [3.05, 3.63) is 40.1 Å². The summed E-state index contributed by atoms with van der Waals surface area (Å²) in [6, 6.07) is 7.70. The maximum Gasteiger partial charge on any atom is 0.221 e. The lowest BCUT2D eigenvalue weighted by Crippen LogP contribution is -2.07. The summed E-state index contributed by atoms with van der Waals surface area (Å²) in [4.78, 5) is 12.2. The van der Waals surface area contributed by atoms with Gasteiger partial charge in [-0.3, -0.25) is 4.79 Å². The SMILES string of the molecule is CC(=O)Nc1ccc(C)c(NCc2sccc2N)c1. The zero-order chi connectivity index (χ0) is 13.8. The van der Waals surface area contributed by atoms with Gasteiger partial charge in [-0.05, 0) is 36.1 Å². The zero-order valence-corrected chi connectivity index (χ0v) is 11.8. The first-order valence-electron chi connectivity index (χ1n) is 6.00. The van der Waals surface area contributed by atoms with Crippen LogP contribution in [0.5, 0.6) is 0 Å². The Morgan fingerprint density at radius 3 is 2.79 bits per heavy atom. The van der Waals surface area contributed by atoms with Gasteiger partial charge in [-0.2, -0.15) is 0 Å². The number of hydrogen-bond donors (Lipinski definition) is 3. The fraction of sp³-hybridized carbons (Fsp3) is 0.214. The quantitative estimate of drug-likeness (QED) is 0.802. The fourth-order valence-electron chi connectivity index (χ4n) is 1.76. The molecule has 1 amide bonds. The molecule has 0 aliphatic heterocycles. The Hall–Kier alpha value is -2.01. The van der Waals surface area contributed by atoms with Gasteiger partial charge in [-0.1, -0.05) is 6.07 Å². The Labute approximate surface area is 116 Å². The van der Waals surface area contributed by atoms with Crippen LogP contribution in [0.25, 0.3) is 0 Å². The molecule has 19 heavy (non-hydrogen) atoms. The summed E-state index contributed by atoms with van der Waals surface area (Å²) in [6.45, 7) is 4.21. The molecule has 0 radical (unpaired) electrons. The highest BCUT2D eigenvalue weighted by atomic mass is 32.1. The maximum absolute atomic E-state index is 11.1. The highest BCUT2D eigenvalue weighted by molar-refractivity contribution is 7.10. The first-order chi connectivity index (χ1) is 9.06. The minimum absolute atomic E-state index is 0.0719. The Balaban J connectivity index is 2.11. The molecular weight excluding hydrogens is 258 g/mol. The van der Waals surface area contributed by atoms with Gasteiger partial charge < -0.3 is 16.4 Å². The Bertz CT molecular complexity index is 592. The number of rotatable bonds is 4. The minimum atomic E-state index is -0.0719. The second kappa shape index (κ2) is 5.75. The average molecular weight is 275 g/mol. The lowest BCUT2D eigenvalue weighted by atomic mass is 10.1.